The van der Waals surface area contributed by atoms with Crippen LogP contribution in [0.1, 0.15) is 33.1 Å². The Morgan fingerprint density at radius 3 is 1.70 bits per heavy atom. The van der Waals surface area contributed by atoms with Crippen LogP contribution in [0.3, 0.4) is 0 Å². The average Bonchev–Trinajstić information content (AvgIpc) is 2.48. The molecule has 0 aromatic rings. The molecule has 1 atom stereocenters. The Labute approximate surface area is 129 Å². The maximum atomic E-state index is 5.53. The summed E-state index contributed by atoms with van der Waals surface area (Å²) in [5.41, 5.74) is 0. The quantitative estimate of drug-likeness (QED) is 0.351. The molecule has 5 heteroatoms. The lowest BCUT2D eigenvalue weighted by molar-refractivity contribution is -0.00535. The molecule has 0 heterocycles. The fourth-order valence-electron chi connectivity index (χ4n) is 1.46. The zero-order valence-electron chi connectivity index (χ0n) is 13.1. The van der Waals surface area contributed by atoms with E-state index in [9.17, 15) is 0 Å². The molecule has 0 aromatic heterocycles. The molecule has 0 aromatic carbocycles. The van der Waals surface area contributed by atoms with Crippen LogP contribution in [-0.2, 0) is 18.9 Å². The zero-order valence-corrected chi connectivity index (χ0v) is 14.0. The van der Waals surface area contributed by atoms with E-state index in [0.29, 0.717) is 45.6 Å². The van der Waals surface area contributed by atoms with Gasteiger partial charge < -0.3 is 18.9 Å². The van der Waals surface area contributed by atoms with Gasteiger partial charge in [0.25, 0.3) is 0 Å². The molecule has 122 valence electrons. The van der Waals surface area contributed by atoms with E-state index in [1.165, 1.54) is 6.42 Å². The molecular formula is C15H32O4S. The molecule has 0 spiro atoms. The summed E-state index contributed by atoms with van der Waals surface area (Å²) in [6.45, 7) is 9.73. The summed E-state index contributed by atoms with van der Waals surface area (Å²) in [4.78, 5) is 0. The van der Waals surface area contributed by atoms with Crippen LogP contribution >= 0.6 is 12.6 Å². The molecule has 0 radical (unpaired) electrons. The highest BCUT2D eigenvalue weighted by molar-refractivity contribution is 7.80. The molecule has 0 aliphatic carbocycles. The van der Waals surface area contributed by atoms with Crippen LogP contribution < -0.4 is 0 Å². The lowest BCUT2D eigenvalue weighted by atomic mass is 10.1. The molecule has 0 saturated carbocycles. The predicted molar refractivity (Wildman–Crippen MR) is 85.8 cm³/mol. The van der Waals surface area contributed by atoms with E-state index in [0.717, 1.165) is 31.8 Å². The first-order chi connectivity index (χ1) is 9.85. The van der Waals surface area contributed by atoms with Crippen LogP contribution in [0.15, 0.2) is 0 Å². The number of ether oxygens (including phenoxy) is 4. The van der Waals surface area contributed by atoms with Crippen molar-refractivity contribution >= 4 is 12.6 Å². The summed E-state index contributed by atoms with van der Waals surface area (Å²) in [7, 11) is 0. The normalized spacial score (nSPS) is 12.8. The molecule has 0 bridgehead atoms. The fraction of sp³-hybridized carbons (Fsp3) is 1.00. The standard InChI is InChI=1S/C15H32O4S/c1-3-5-6-16-7-8-17-9-10-18-11-12-19-13-15(4-2)14-20/h15,20H,3-14H2,1-2H3. The van der Waals surface area contributed by atoms with Gasteiger partial charge in [0.15, 0.2) is 0 Å². The minimum Gasteiger partial charge on any atom is -0.379 e. The van der Waals surface area contributed by atoms with Gasteiger partial charge in [-0.15, -0.1) is 0 Å². The van der Waals surface area contributed by atoms with Crippen molar-refractivity contribution in [3.8, 4) is 0 Å². The maximum absolute atomic E-state index is 5.53. The molecule has 0 aliphatic rings. The van der Waals surface area contributed by atoms with Crippen molar-refractivity contribution in [3.63, 3.8) is 0 Å². The number of rotatable bonds is 16. The molecule has 0 aliphatic heterocycles. The molecule has 0 rings (SSSR count). The van der Waals surface area contributed by atoms with Gasteiger partial charge in [-0.3, -0.25) is 0 Å². The Bertz CT molecular complexity index is 177. The lowest BCUT2D eigenvalue weighted by Crippen LogP contribution is -2.15. The van der Waals surface area contributed by atoms with Gasteiger partial charge in [0.2, 0.25) is 0 Å². The third kappa shape index (κ3) is 14.6. The Morgan fingerprint density at radius 2 is 1.25 bits per heavy atom. The summed E-state index contributed by atoms with van der Waals surface area (Å²) >= 11 is 4.28. The molecule has 0 saturated heterocycles. The van der Waals surface area contributed by atoms with Crippen LogP contribution in [-0.4, -0.2) is 58.6 Å². The molecule has 0 fully saturated rings. The minimum absolute atomic E-state index is 0.550. The van der Waals surface area contributed by atoms with Crippen molar-refractivity contribution in [2.45, 2.75) is 33.1 Å². The fourth-order valence-corrected chi connectivity index (χ4v) is 1.82. The van der Waals surface area contributed by atoms with E-state index in [-0.39, 0.29) is 0 Å². The first-order valence-electron chi connectivity index (χ1n) is 7.76. The first kappa shape index (κ1) is 20.2. The number of unbranched alkanes of at least 4 members (excludes halogenated alkanes) is 1. The summed E-state index contributed by atoms with van der Waals surface area (Å²) in [6, 6.07) is 0. The van der Waals surface area contributed by atoms with Crippen LogP contribution in [0.25, 0.3) is 0 Å². The molecule has 0 N–H and O–H groups in total. The van der Waals surface area contributed by atoms with Crippen LogP contribution in [0.2, 0.25) is 0 Å². The van der Waals surface area contributed by atoms with Gasteiger partial charge in [0.05, 0.1) is 46.2 Å². The maximum Gasteiger partial charge on any atom is 0.0701 e. The Hall–Kier alpha value is 0.190. The molecule has 0 amide bonds. The van der Waals surface area contributed by atoms with Crippen molar-refractivity contribution in [1.82, 2.24) is 0 Å². The van der Waals surface area contributed by atoms with Crippen LogP contribution in [0.5, 0.6) is 0 Å². The van der Waals surface area contributed by atoms with Crippen LogP contribution in [0, 0.1) is 5.92 Å². The first-order valence-corrected chi connectivity index (χ1v) is 8.40. The van der Waals surface area contributed by atoms with Crippen molar-refractivity contribution in [3.05, 3.63) is 0 Å². The van der Waals surface area contributed by atoms with E-state index >= 15 is 0 Å². The third-order valence-corrected chi connectivity index (χ3v) is 3.46. The van der Waals surface area contributed by atoms with Gasteiger partial charge in [-0.25, -0.2) is 0 Å². The van der Waals surface area contributed by atoms with E-state index in [4.69, 9.17) is 18.9 Å². The monoisotopic (exact) mass is 308 g/mol. The second kappa shape index (κ2) is 17.2. The van der Waals surface area contributed by atoms with Crippen molar-refractivity contribution in [2.24, 2.45) is 5.92 Å². The SMILES string of the molecule is CCCCOCCOCCOCCOCC(CC)CS. The third-order valence-electron chi connectivity index (χ3n) is 2.95. The number of hydrogen-bond donors (Lipinski definition) is 1. The van der Waals surface area contributed by atoms with Gasteiger partial charge in [-0.1, -0.05) is 26.7 Å². The second-order valence-corrected chi connectivity index (χ2v) is 5.09. The van der Waals surface area contributed by atoms with E-state index < -0.39 is 0 Å². The topological polar surface area (TPSA) is 36.9 Å². The molecule has 1 unspecified atom stereocenters. The average molecular weight is 308 g/mol. The van der Waals surface area contributed by atoms with Gasteiger partial charge in [0, 0.05) is 6.61 Å². The highest BCUT2D eigenvalue weighted by Gasteiger charge is 2.02. The summed E-state index contributed by atoms with van der Waals surface area (Å²) in [6.07, 6.45) is 3.40. The van der Waals surface area contributed by atoms with E-state index in [1.54, 1.807) is 0 Å². The zero-order chi connectivity index (χ0) is 14.9. The molecular weight excluding hydrogens is 276 g/mol. The summed E-state index contributed by atoms with van der Waals surface area (Å²) in [5, 5.41) is 0. The summed E-state index contributed by atoms with van der Waals surface area (Å²) < 4.78 is 21.7. The van der Waals surface area contributed by atoms with Gasteiger partial charge in [0.1, 0.15) is 0 Å². The van der Waals surface area contributed by atoms with Gasteiger partial charge >= 0.3 is 0 Å². The van der Waals surface area contributed by atoms with E-state index in [1.807, 2.05) is 0 Å². The number of thiol groups is 1. The minimum atomic E-state index is 0.550. The predicted octanol–water partition coefficient (Wildman–Crippen LogP) is 2.81. The van der Waals surface area contributed by atoms with Crippen molar-refractivity contribution < 1.29 is 18.9 Å². The number of hydrogen-bond acceptors (Lipinski definition) is 5. The molecule has 4 nitrogen and oxygen atoms in total. The van der Waals surface area contributed by atoms with Crippen LogP contribution in [0.4, 0.5) is 0 Å². The second-order valence-electron chi connectivity index (χ2n) is 4.72. The Morgan fingerprint density at radius 1 is 0.750 bits per heavy atom. The van der Waals surface area contributed by atoms with E-state index in [2.05, 4.69) is 26.5 Å². The van der Waals surface area contributed by atoms with Crippen molar-refractivity contribution in [1.29, 1.82) is 0 Å². The summed E-state index contributed by atoms with van der Waals surface area (Å²) in [5.74, 6) is 1.43. The lowest BCUT2D eigenvalue weighted by Gasteiger charge is -2.12. The highest BCUT2D eigenvalue weighted by Crippen LogP contribution is 2.04. The Kier molecular flexibility index (Phi) is 17.4. The Balaban J connectivity index is 3.02. The largest absolute Gasteiger partial charge is 0.379 e. The molecule has 20 heavy (non-hydrogen) atoms. The van der Waals surface area contributed by atoms with Crippen molar-refractivity contribution in [2.75, 3.05) is 58.6 Å². The smallest absolute Gasteiger partial charge is 0.0701 e. The van der Waals surface area contributed by atoms with Gasteiger partial charge in [-0.2, -0.15) is 12.6 Å². The van der Waals surface area contributed by atoms with Gasteiger partial charge in [-0.05, 0) is 18.1 Å². The highest BCUT2D eigenvalue weighted by atomic mass is 32.1.